The molecular formula is C17H34O2. The topological polar surface area (TPSA) is 37.3 Å². The molecule has 2 atom stereocenters. The minimum absolute atomic E-state index is 0.172. The maximum Gasteiger partial charge on any atom is 0.306 e. The molecule has 0 aliphatic heterocycles. The minimum atomic E-state index is -0.653. The van der Waals surface area contributed by atoms with Crippen molar-refractivity contribution in [3.63, 3.8) is 0 Å². The molecule has 0 bridgehead atoms. The van der Waals surface area contributed by atoms with E-state index < -0.39 is 5.97 Å². The van der Waals surface area contributed by atoms with Crippen LogP contribution in [0.3, 0.4) is 0 Å². The molecule has 0 aliphatic carbocycles. The van der Waals surface area contributed by atoms with Crippen LogP contribution in [0.25, 0.3) is 0 Å². The zero-order valence-electron chi connectivity index (χ0n) is 13.3. The molecule has 0 aromatic rings. The van der Waals surface area contributed by atoms with Crippen LogP contribution in [0.2, 0.25) is 0 Å². The summed E-state index contributed by atoms with van der Waals surface area (Å²) in [5, 5.41) is 8.80. The van der Waals surface area contributed by atoms with Gasteiger partial charge in [0.1, 0.15) is 0 Å². The lowest BCUT2D eigenvalue weighted by molar-refractivity contribution is -0.141. The van der Waals surface area contributed by atoms with Crippen molar-refractivity contribution in [2.75, 3.05) is 0 Å². The summed E-state index contributed by atoms with van der Waals surface area (Å²) in [6.45, 7) is 6.40. The fourth-order valence-corrected chi connectivity index (χ4v) is 2.48. The minimum Gasteiger partial charge on any atom is -0.481 e. The molecule has 0 saturated carbocycles. The molecule has 2 heteroatoms. The quantitative estimate of drug-likeness (QED) is 0.439. The smallest absolute Gasteiger partial charge is 0.306 e. The Hall–Kier alpha value is -0.530. The van der Waals surface area contributed by atoms with E-state index in [9.17, 15) is 4.79 Å². The van der Waals surface area contributed by atoms with Gasteiger partial charge in [-0.3, -0.25) is 4.79 Å². The Morgan fingerprint density at radius 1 is 0.842 bits per heavy atom. The average molecular weight is 270 g/mol. The molecule has 114 valence electrons. The van der Waals surface area contributed by atoms with Crippen molar-refractivity contribution in [1.82, 2.24) is 0 Å². The van der Waals surface area contributed by atoms with Gasteiger partial charge in [-0.15, -0.1) is 0 Å². The number of unbranched alkanes of at least 4 members (excludes halogenated alkanes) is 6. The lowest BCUT2D eigenvalue weighted by Crippen LogP contribution is -2.09. The number of carboxylic acids is 1. The maximum absolute atomic E-state index is 10.7. The lowest BCUT2D eigenvalue weighted by atomic mass is 9.95. The first kappa shape index (κ1) is 18.5. The Morgan fingerprint density at radius 2 is 1.32 bits per heavy atom. The first-order valence-electron chi connectivity index (χ1n) is 8.30. The summed E-state index contributed by atoms with van der Waals surface area (Å²) in [7, 11) is 0. The largest absolute Gasteiger partial charge is 0.481 e. The second-order valence-corrected chi connectivity index (χ2v) is 6.19. The SMILES string of the molecule is CCCCCCCCC(C)CCCCC(C)C(=O)O. The van der Waals surface area contributed by atoms with Crippen molar-refractivity contribution in [2.24, 2.45) is 11.8 Å². The Bertz CT molecular complexity index is 213. The molecule has 0 aromatic heterocycles. The lowest BCUT2D eigenvalue weighted by Gasteiger charge is -2.11. The van der Waals surface area contributed by atoms with E-state index in [1.54, 1.807) is 0 Å². The molecule has 1 N–H and O–H groups in total. The summed E-state index contributed by atoms with van der Waals surface area (Å²) >= 11 is 0. The van der Waals surface area contributed by atoms with Gasteiger partial charge < -0.3 is 5.11 Å². The van der Waals surface area contributed by atoms with Gasteiger partial charge >= 0.3 is 5.97 Å². The fraction of sp³-hybridized carbons (Fsp3) is 0.941. The van der Waals surface area contributed by atoms with Gasteiger partial charge in [-0.05, 0) is 12.3 Å². The van der Waals surface area contributed by atoms with Crippen LogP contribution >= 0.6 is 0 Å². The van der Waals surface area contributed by atoms with Crippen LogP contribution in [0.1, 0.15) is 91.4 Å². The molecule has 2 nitrogen and oxygen atoms in total. The molecule has 0 radical (unpaired) electrons. The summed E-state index contributed by atoms with van der Waals surface area (Å²) < 4.78 is 0. The van der Waals surface area contributed by atoms with Crippen LogP contribution in [0.5, 0.6) is 0 Å². The second-order valence-electron chi connectivity index (χ2n) is 6.19. The summed E-state index contributed by atoms with van der Waals surface area (Å²) in [5.74, 6) is -0.0136. The van der Waals surface area contributed by atoms with Crippen LogP contribution in [0, 0.1) is 11.8 Å². The van der Waals surface area contributed by atoms with Crippen LogP contribution in [-0.2, 0) is 4.79 Å². The molecule has 0 aliphatic rings. The highest BCUT2D eigenvalue weighted by Crippen LogP contribution is 2.18. The van der Waals surface area contributed by atoms with Crippen molar-refractivity contribution < 1.29 is 9.90 Å². The van der Waals surface area contributed by atoms with Crippen molar-refractivity contribution in [1.29, 1.82) is 0 Å². The predicted molar refractivity (Wildman–Crippen MR) is 82.4 cm³/mol. The van der Waals surface area contributed by atoms with E-state index in [1.807, 2.05) is 6.92 Å². The first-order valence-corrected chi connectivity index (χ1v) is 8.30. The number of hydrogen-bond donors (Lipinski definition) is 1. The number of carboxylic acid groups (broad SMARTS) is 1. The normalized spacial score (nSPS) is 14.3. The molecular weight excluding hydrogens is 236 g/mol. The predicted octanol–water partition coefficient (Wildman–Crippen LogP) is 5.65. The van der Waals surface area contributed by atoms with E-state index in [0.29, 0.717) is 0 Å². The zero-order chi connectivity index (χ0) is 14.5. The monoisotopic (exact) mass is 270 g/mol. The summed E-state index contributed by atoms with van der Waals surface area (Å²) in [4.78, 5) is 10.7. The van der Waals surface area contributed by atoms with Gasteiger partial charge in [0.05, 0.1) is 5.92 Å². The third-order valence-corrected chi connectivity index (χ3v) is 4.06. The van der Waals surface area contributed by atoms with Crippen LogP contribution in [0.4, 0.5) is 0 Å². The summed E-state index contributed by atoms with van der Waals surface area (Å²) in [6, 6.07) is 0. The van der Waals surface area contributed by atoms with Crippen LogP contribution in [-0.4, -0.2) is 11.1 Å². The van der Waals surface area contributed by atoms with Crippen molar-refractivity contribution in [3.05, 3.63) is 0 Å². The van der Waals surface area contributed by atoms with Gasteiger partial charge in [0, 0.05) is 0 Å². The van der Waals surface area contributed by atoms with Gasteiger partial charge in [-0.25, -0.2) is 0 Å². The Labute approximate surface area is 120 Å². The van der Waals surface area contributed by atoms with Gasteiger partial charge in [0.2, 0.25) is 0 Å². The van der Waals surface area contributed by atoms with Gasteiger partial charge in [-0.1, -0.05) is 85.0 Å². The van der Waals surface area contributed by atoms with Crippen molar-refractivity contribution >= 4 is 5.97 Å². The van der Waals surface area contributed by atoms with Gasteiger partial charge in [0.25, 0.3) is 0 Å². The zero-order valence-corrected chi connectivity index (χ0v) is 13.3. The number of carbonyl (C=O) groups is 1. The van der Waals surface area contributed by atoms with Crippen molar-refractivity contribution in [3.8, 4) is 0 Å². The molecule has 0 fully saturated rings. The first-order chi connectivity index (χ1) is 9.07. The number of hydrogen-bond acceptors (Lipinski definition) is 1. The van der Waals surface area contributed by atoms with Gasteiger partial charge in [0.15, 0.2) is 0 Å². The highest BCUT2D eigenvalue weighted by Gasteiger charge is 2.10. The van der Waals surface area contributed by atoms with E-state index in [-0.39, 0.29) is 5.92 Å². The van der Waals surface area contributed by atoms with E-state index in [2.05, 4.69) is 13.8 Å². The Kier molecular flexibility index (Phi) is 12.2. The molecule has 0 rings (SSSR count). The molecule has 0 amide bonds. The molecule has 0 spiro atoms. The third kappa shape index (κ3) is 12.3. The average Bonchev–Trinajstić information content (AvgIpc) is 2.38. The van der Waals surface area contributed by atoms with Crippen LogP contribution in [0.15, 0.2) is 0 Å². The van der Waals surface area contributed by atoms with Crippen LogP contribution < -0.4 is 0 Å². The Morgan fingerprint density at radius 3 is 1.89 bits per heavy atom. The summed E-state index contributed by atoms with van der Waals surface area (Å²) in [5.41, 5.74) is 0. The summed E-state index contributed by atoms with van der Waals surface area (Å²) in [6.07, 6.45) is 14.0. The molecule has 0 aromatic carbocycles. The fourth-order valence-electron chi connectivity index (χ4n) is 2.48. The third-order valence-electron chi connectivity index (χ3n) is 4.06. The van der Waals surface area contributed by atoms with E-state index in [1.165, 1.54) is 57.8 Å². The standard InChI is InChI=1S/C17H34O2/c1-4-5-6-7-8-9-12-15(2)13-10-11-14-16(3)17(18)19/h15-16H,4-14H2,1-3H3,(H,18,19). The highest BCUT2D eigenvalue weighted by molar-refractivity contribution is 5.69. The number of aliphatic carboxylic acids is 1. The van der Waals surface area contributed by atoms with Crippen molar-refractivity contribution in [2.45, 2.75) is 91.4 Å². The Balaban J connectivity index is 3.30. The maximum atomic E-state index is 10.7. The van der Waals surface area contributed by atoms with Gasteiger partial charge in [-0.2, -0.15) is 0 Å². The van der Waals surface area contributed by atoms with E-state index in [4.69, 9.17) is 5.11 Å². The molecule has 0 heterocycles. The molecule has 2 unspecified atom stereocenters. The second kappa shape index (κ2) is 12.5. The molecule has 19 heavy (non-hydrogen) atoms. The molecule has 0 saturated heterocycles. The van der Waals surface area contributed by atoms with E-state index in [0.717, 1.165) is 18.8 Å². The highest BCUT2D eigenvalue weighted by atomic mass is 16.4. The number of rotatable bonds is 13. The van der Waals surface area contributed by atoms with E-state index >= 15 is 0 Å².